The lowest BCUT2D eigenvalue weighted by molar-refractivity contribution is -0.149. The summed E-state index contributed by atoms with van der Waals surface area (Å²) in [6.45, 7) is 1.59. The molecule has 6 heteroatoms. The van der Waals surface area contributed by atoms with Crippen LogP contribution in [0.4, 0.5) is 13.2 Å². The molecule has 0 aliphatic carbocycles. The minimum Gasteiger partial charge on any atom is -0.478 e. The zero-order valence-corrected chi connectivity index (χ0v) is 8.38. The Morgan fingerprint density at radius 2 is 2.00 bits per heavy atom. The number of hydrogen-bond acceptors (Lipinski definition) is 2. The van der Waals surface area contributed by atoms with Crippen LogP contribution in [0.25, 0.3) is 0 Å². The predicted molar refractivity (Wildman–Crippen MR) is 51.1 cm³/mol. The third-order valence-corrected chi connectivity index (χ3v) is 2.13. The van der Waals surface area contributed by atoms with Crippen molar-refractivity contribution in [1.29, 1.82) is 0 Å². The molecule has 1 aromatic carbocycles. The largest absolute Gasteiger partial charge is 0.478 e. The first-order valence-corrected chi connectivity index (χ1v) is 4.39. The van der Waals surface area contributed by atoms with Crippen LogP contribution in [-0.2, 0) is 0 Å². The standard InChI is InChI=1S/C10H10F3NO2/c1-5-2-3-6(7(4-5)9(15)16)8(14)10(11,12)13/h2-4,8H,14H2,1H3,(H,15,16)/t8-/m1/s1. The van der Waals surface area contributed by atoms with Crippen molar-refractivity contribution < 1.29 is 23.1 Å². The zero-order chi connectivity index (χ0) is 12.5. The van der Waals surface area contributed by atoms with Crippen molar-refractivity contribution in [3.63, 3.8) is 0 Å². The van der Waals surface area contributed by atoms with E-state index in [0.29, 0.717) is 5.56 Å². The maximum atomic E-state index is 12.4. The lowest BCUT2D eigenvalue weighted by Gasteiger charge is -2.18. The van der Waals surface area contributed by atoms with Gasteiger partial charge in [-0.05, 0) is 18.6 Å². The first kappa shape index (κ1) is 12.5. The predicted octanol–water partition coefficient (Wildman–Crippen LogP) is 2.26. The van der Waals surface area contributed by atoms with Crippen molar-refractivity contribution in [3.8, 4) is 0 Å². The molecule has 0 saturated carbocycles. The number of alkyl halides is 3. The summed E-state index contributed by atoms with van der Waals surface area (Å²) in [5.74, 6) is -1.42. The highest BCUT2D eigenvalue weighted by molar-refractivity contribution is 5.89. The van der Waals surface area contributed by atoms with Gasteiger partial charge in [-0.1, -0.05) is 17.7 Å². The van der Waals surface area contributed by atoms with E-state index in [1.807, 2.05) is 0 Å². The molecule has 1 atom stereocenters. The van der Waals surface area contributed by atoms with E-state index in [9.17, 15) is 18.0 Å². The molecule has 0 aliphatic heterocycles. The van der Waals surface area contributed by atoms with Gasteiger partial charge in [-0.2, -0.15) is 13.2 Å². The Bertz CT molecular complexity index is 415. The van der Waals surface area contributed by atoms with Gasteiger partial charge in [-0.15, -0.1) is 0 Å². The summed E-state index contributed by atoms with van der Waals surface area (Å²) in [5, 5.41) is 8.78. The van der Waals surface area contributed by atoms with Crippen molar-refractivity contribution >= 4 is 5.97 Å². The van der Waals surface area contributed by atoms with Gasteiger partial charge >= 0.3 is 12.1 Å². The molecule has 1 rings (SSSR count). The van der Waals surface area contributed by atoms with Gasteiger partial charge in [0.1, 0.15) is 6.04 Å². The molecule has 0 fully saturated rings. The normalized spacial score (nSPS) is 13.6. The maximum Gasteiger partial charge on any atom is 0.407 e. The third kappa shape index (κ3) is 2.52. The molecule has 0 saturated heterocycles. The molecular weight excluding hydrogens is 223 g/mol. The van der Waals surface area contributed by atoms with Crippen LogP contribution in [0.5, 0.6) is 0 Å². The van der Waals surface area contributed by atoms with Crippen molar-refractivity contribution in [3.05, 3.63) is 34.9 Å². The molecule has 0 radical (unpaired) electrons. The molecule has 88 valence electrons. The van der Waals surface area contributed by atoms with Crippen molar-refractivity contribution in [1.82, 2.24) is 0 Å². The summed E-state index contributed by atoms with van der Waals surface area (Å²) in [4.78, 5) is 10.8. The molecule has 0 aromatic heterocycles. The number of rotatable bonds is 2. The molecule has 0 heterocycles. The molecule has 0 aliphatic rings. The summed E-state index contributed by atoms with van der Waals surface area (Å²) in [7, 11) is 0. The van der Waals surface area contributed by atoms with Gasteiger partial charge in [0.15, 0.2) is 0 Å². The molecule has 0 amide bonds. The Balaban J connectivity index is 3.28. The van der Waals surface area contributed by atoms with Gasteiger partial charge in [-0.3, -0.25) is 0 Å². The number of aromatic carboxylic acids is 1. The minimum absolute atomic E-state index is 0.412. The molecule has 0 unspecified atom stereocenters. The summed E-state index contributed by atoms with van der Waals surface area (Å²) in [6, 6.07) is 1.38. The van der Waals surface area contributed by atoms with E-state index >= 15 is 0 Å². The molecular formula is C10H10F3NO2. The third-order valence-electron chi connectivity index (χ3n) is 2.13. The second-order valence-electron chi connectivity index (χ2n) is 3.42. The van der Waals surface area contributed by atoms with Gasteiger partial charge < -0.3 is 10.8 Å². The van der Waals surface area contributed by atoms with Gasteiger partial charge in [0, 0.05) is 0 Å². The average Bonchev–Trinajstić information content (AvgIpc) is 2.15. The summed E-state index contributed by atoms with van der Waals surface area (Å²) >= 11 is 0. The fourth-order valence-corrected chi connectivity index (χ4v) is 1.30. The van der Waals surface area contributed by atoms with Crippen LogP contribution in [0, 0.1) is 6.92 Å². The van der Waals surface area contributed by atoms with E-state index in [2.05, 4.69) is 0 Å². The molecule has 0 spiro atoms. The van der Waals surface area contributed by atoms with E-state index < -0.39 is 29.3 Å². The van der Waals surface area contributed by atoms with Gasteiger partial charge in [0.25, 0.3) is 0 Å². The number of carbonyl (C=O) groups is 1. The first-order chi connectivity index (χ1) is 7.23. The molecule has 1 aromatic rings. The highest BCUT2D eigenvalue weighted by atomic mass is 19.4. The number of carboxylic acid groups (broad SMARTS) is 1. The highest BCUT2D eigenvalue weighted by Gasteiger charge is 2.39. The van der Waals surface area contributed by atoms with Gasteiger partial charge in [0.05, 0.1) is 5.56 Å². The van der Waals surface area contributed by atoms with Crippen LogP contribution in [0.1, 0.15) is 27.5 Å². The van der Waals surface area contributed by atoms with E-state index in [1.165, 1.54) is 12.1 Å². The summed E-state index contributed by atoms with van der Waals surface area (Å²) in [6.07, 6.45) is -4.65. The Kier molecular flexibility index (Phi) is 3.23. The van der Waals surface area contributed by atoms with E-state index in [-0.39, 0.29) is 0 Å². The topological polar surface area (TPSA) is 63.3 Å². The summed E-state index contributed by atoms with van der Waals surface area (Å²) < 4.78 is 37.1. The zero-order valence-electron chi connectivity index (χ0n) is 8.38. The van der Waals surface area contributed by atoms with Gasteiger partial charge in [0.2, 0.25) is 0 Å². The van der Waals surface area contributed by atoms with Crippen LogP contribution >= 0.6 is 0 Å². The second-order valence-corrected chi connectivity index (χ2v) is 3.42. The Labute approximate surface area is 89.7 Å². The quantitative estimate of drug-likeness (QED) is 0.823. The fourth-order valence-electron chi connectivity index (χ4n) is 1.30. The minimum atomic E-state index is -4.65. The van der Waals surface area contributed by atoms with E-state index in [4.69, 9.17) is 10.8 Å². The number of hydrogen-bond donors (Lipinski definition) is 2. The van der Waals surface area contributed by atoms with Crippen LogP contribution < -0.4 is 5.73 Å². The lowest BCUT2D eigenvalue weighted by atomic mass is 9.98. The second kappa shape index (κ2) is 4.13. The van der Waals surface area contributed by atoms with Crippen molar-refractivity contribution in [2.45, 2.75) is 19.1 Å². The fraction of sp³-hybridized carbons (Fsp3) is 0.300. The molecule has 0 bridgehead atoms. The highest BCUT2D eigenvalue weighted by Crippen LogP contribution is 2.32. The van der Waals surface area contributed by atoms with Crippen LogP contribution in [0.3, 0.4) is 0 Å². The number of benzene rings is 1. The Morgan fingerprint density at radius 3 is 2.44 bits per heavy atom. The average molecular weight is 233 g/mol. The molecule has 3 N–H and O–H groups in total. The van der Waals surface area contributed by atoms with E-state index in [0.717, 1.165) is 6.07 Å². The number of carboxylic acids is 1. The van der Waals surface area contributed by atoms with Gasteiger partial charge in [-0.25, -0.2) is 4.79 Å². The molecule has 16 heavy (non-hydrogen) atoms. The van der Waals surface area contributed by atoms with E-state index in [1.54, 1.807) is 6.92 Å². The Morgan fingerprint density at radius 1 is 1.44 bits per heavy atom. The smallest absolute Gasteiger partial charge is 0.407 e. The molecule has 3 nitrogen and oxygen atoms in total. The van der Waals surface area contributed by atoms with Crippen LogP contribution in [-0.4, -0.2) is 17.3 Å². The van der Waals surface area contributed by atoms with Crippen LogP contribution in [0.15, 0.2) is 18.2 Å². The lowest BCUT2D eigenvalue weighted by Crippen LogP contribution is -2.30. The monoisotopic (exact) mass is 233 g/mol. The van der Waals surface area contributed by atoms with Crippen LogP contribution in [0.2, 0.25) is 0 Å². The number of halogens is 3. The SMILES string of the molecule is Cc1ccc([C@@H](N)C(F)(F)F)c(C(=O)O)c1. The maximum absolute atomic E-state index is 12.4. The number of aryl methyl sites for hydroxylation is 1. The number of nitrogens with two attached hydrogens (primary N) is 1. The van der Waals surface area contributed by atoms with Crippen molar-refractivity contribution in [2.75, 3.05) is 0 Å². The Hall–Kier alpha value is -1.56. The summed E-state index contributed by atoms with van der Waals surface area (Å²) in [5.41, 5.74) is 4.70. The van der Waals surface area contributed by atoms with Crippen molar-refractivity contribution in [2.24, 2.45) is 5.73 Å². The first-order valence-electron chi connectivity index (χ1n) is 4.39.